The van der Waals surface area contributed by atoms with E-state index in [4.69, 9.17) is 5.73 Å². The molecule has 0 fully saturated rings. The van der Waals surface area contributed by atoms with E-state index in [2.05, 4.69) is 53.0 Å². The molecular formula is C13H15BrN2S. The van der Waals surface area contributed by atoms with Gasteiger partial charge in [0.2, 0.25) is 0 Å². The molecule has 2 N–H and O–H groups in total. The highest BCUT2D eigenvalue weighted by Crippen LogP contribution is 2.29. The number of anilines is 1. The first-order valence-corrected chi connectivity index (χ1v) is 7.16. The number of halogens is 1. The Hall–Kier alpha value is -0.870. The Labute approximate surface area is 114 Å². The van der Waals surface area contributed by atoms with E-state index in [0.717, 1.165) is 16.6 Å². The van der Waals surface area contributed by atoms with Gasteiger partial charge >= 0.3 is 0 Å². The average molecular weight is 311 g/mol. The first kappa shape index (κ1) is 12.6. The molecule has 0 atom stereocenters. The van der Waals surface area contributed by atoms with Crippen molar-refractivity contribution in [2.75, 3.05) is 5.73 Å². The Morgan fingerprint density at radius 2 is 2.18 bits per heavy atom. The molecule has 0 amide bonds. The van der Waals surface area contributed by atoms with Gasteiger partial charge in [-0.25, -0.2) is 4.98 Å². The van der Waals surface area contributed by atoms with Gasteiger partial charge in [0.05, 0.1) is 5.69 Å². The number of hydrogen-bond donors (Lipinski definition) is 1. The van der Waals surface area contributed by atoms with Crippen molar-refractivity contribution in [2.24, 2.45) is 0 Å². The Kier molecular flexibility index (Phi) is 3.84. The van der Waals surface area contributed by atoms with Crippen molar-refractivity contribution in [2.45, 2.75) is 26.2 Å². The molecule has 0 aliphatic heterocycles. The van der Waals surface area contributed by atoms with Crippen molar-refractivity contribution in [3.8, 4) is 0 Å². The fraction of sp³-hybridized carbons (Fsp3) is 0.308. The molecule has 0 spiro atoms. The lowest BCUT2D eigenvalue weighted by atomic mass is 10.1. The summed E-state index contributed by atoms with van der Waals surface area (Å²) in [5, 5.41) is 0.665. The van der Waals surface area contributed by atoms with Gasteiger partial charge in [-0.3, -0.25) is 0 Å². The minimum atomic E-state index is 0.422. The van der Waals surface area contributed by atoms with E-state index in [1.54, 1.807) is 11.3 Å². The zero-order valence-electron chi connectivity index (χ0n) is 9.90. The largest absolute Gasteiger partial charge is 0.375 e. The third-order valence-corrected chi connectivity index (χ3v) is 3.94. The molecule has 2 nitrogen and oxygen atoms in total. The number of hydrogen-bond acceptors (Lipinski definition) is 3. The van der Waals surface area contributed by atoms with Crippen LogP contribution in [0.4, 0.5) is 5.13 Å². The third-order valence-electron chi connectivity index (χ3n) is 2.54. The van der Waals surface area contributed by atoms with Crippen LogP contribution in [-0.4, -0.2) is 4.98 Å². The number of aromatic nitrogens is 1. The van der Waals surface area contributed by atoms with E-state index in [9.17, 15) is 0 Å². The first-order valence-electron chi connectivity index (χ1n) is 5.55. The molecule has 2 rings (SSSR count). The van der Waals surface area contributed by atoms with E-state index in [-0.39, 0.29) is 0 Å². The minimum Gasteiger partial charge on any atom is -0.375 e. The molecule has 0 saturated carbocycles. The van der Waals surface area contributed by atoms with Crippen LogP contribution in [0.3, 0.4) is 0 Å². The number of nitrogen functional groups attached to an aromatic ring is 1. The predicted octanol–water partition coefficient (Wildman–Crippen LogP) is 4.20. The molecule has 4 heteroatoms. The fourth-order valence-electron chi connectivity index (χ4n) is 1.79. The summed E-state index contributed by atoms with van der Waals surface area (Å²) in [6.07, 6.45) is 0.905. The number of nitrogens with two attached hydrogens (primary N) is 1. The second kappa shape index (κ2) is 5.19. The topological polar surface area (TPSA) is 38.9 Å². The summed E-state index contributed by atoms with van der Waals surface area (Å²) >= 11 is 5.09. The van der Waals surface area contributed by atoms with Gasteiger partial charge in [-0.2, -0.15) is 0 Å². The number of rotatable bonds is 3. The standard InChI is InChI=1S/C13H15BrN2S/c1-8(2)12-11(17-13(15)16-12)7-9-4-3-5-10(14)6-9/h3-6,8H,7H2,1-2H3,(H2,15,16). The maximum absolute atomic E-state index is 5.80. The van der Waals surface area contributed by atoms with E-state index in [0.29, 0.717) is 11.0 Å². The SMILES string of the molecule is CC(C)c1nc(N)sc1Cc1cccc(Br)c1. The molecule has 1 aromatic carbocycles. The van der Waals surface area contributed by atoms with Gasteiger partial charge in [0.25, 0.3) is 0 Å². The van der Waals surface area contributed by atoms with Crippen molar-refractivity contribution < 1.29 is 0 Å². The van der Waals surface area contributed by atoms with E-state index in [1.165, 1.54) is 10.4 Å². The molecular weight excluding hydrogens is 296 g/mol. The summed E-state index contributed by atoms with van der Waals surface area (Å²) in [4.78, 5) is 5.69. The van der Waals surface area contributed by atoms with Crippen LogP contribution in [0.5, 0.6) is 0 Å². The van der Waals surface area contributed by atoms with E-state index in [1.807, 2.05) is 6.07 Å². The fourth-order valence-corrected chi connectivity index (χ4v) is 3.26. The lowest BCUT2D eigenvalue weighted by Gasteiger charge is -2.05. The maximum Gasteiger partial charge on any atom is 0.180 e. The molecule has 0 unspecified atom stereocenters. The van der Waals surface area contributed by atoms with Crippen LogP contribution in [0.2, 0.25) is 0 Å². The van der Waals surface area contributed by atoms with Crippen LogP contribution in [-0.2, 0) is 6.42 Å². The van der Waals surface area contributed by atoms with Crippen LogP contribution < -0.4 is 5.73 Å². The number of thiazole rings is 1. The third kappa shape index (κ3) is 3.07. The zero-order chi connectivity index (χ0) is 12.4. The summed E-state index contributed by atoms with van der Waals surface area (Å²) < 4.78 is 1.11. The van der Waals surface area contributed by atoms with Gasteiger partial charge in [-0.15, -0.1) is 11.3 Å². The van der Waals surface area contributed by atoms with Crippen LogP contribution in [0, 0.1) is 0 Å². The molecule has 1 aromatic heterocycles. The molecule has 0 aliphatic rings. The van der Waals surface area contributed by atoms with Gasteiger partial charge in [0.1, 0.15) is 0 Å². The van der Waals surface area contributed by atoms with Gasteiger partial charge in [-0.1, -0.05) is 41.9 Å². The molecule has 90 valence electrons. The highest BCUT2D eigenvalue weighted by atomic mass is 79.9. The Morgan fingerprint density at radius 1 is 1.41 bits per heavy atom. The van der Waals surface area contributed by atoms with Gasteiger partial charge in [0.15, 0.2) is 5.13 Å². The second-order valence-electron chi connectivity index (χ2n) is 4.32. The van der Waals surface area contributed by atoms with Crippen LogP contribution in [0.1, 0.15) is 35.9 Å². The summed E-state index contributed by atoms with van der Waals surface area (Å²) in [6, 6.07) is 8.36. The Bertz CT molecular complexity index is 520. The summed E-state index contributed by atoms with van der Waals surface area (Å²) in [5.74, 6) is 0.422. The second-order valence-corrected chi connectivity index (χ2v) is 6.35. The zero-order valence-corrected chi connectivity index (χ0v) is 12.3. The molecule has 1 heterocycles. The molecule has 0 radical (unpaired) electrons. The molecule has 0 saturated heterocycles. The van der Waals surface area contributed by atoms with Crippen molar-refractivity contribution in [3.05, 3.63) is 44.9 Å². The first-order chi connectivity index (χ1) is 8.06. The summed E-state index contributed by atoms with van der Waals surface area (Å²) in [7, 11) is 0. The number of nitrogens with zero attached hydrogens (tertiary/aromatic N) is 1. The predicted molar refractivity (Wildman–Crippen MR) is 77.6 cm³/mol. The smallest absolute Gasteiger partial charge is 0.180 e. The maximum atomic E-state index is 5.80. The molecule has 2 aromatic rings. The number of benzene rings is 1. The Morgan fingerprint density at radius 3 is 2.82 bits per heavy atom. The van der Waals surface area contributed by atoms with E-state index >= 15 is 0 Å². The normalized spacial score (nSPS) is 11.1. The summed E-state index contributed by atoms with van der Waals surface area (Å²) in [5.41, 5.74) is 8.21. The molecule has 0 aliphatic carbocycles. The van der Waals surface area contributed by atoms with Crippen LogP contribution >= 0.6 is 27.3 Å². The van der Waals surface area contributed by atoms with Gasteiger partial charge < -0.3 is 5.73 Å². The quantitative estimate of drug-likeness (QED) is 0.922. The van der Waals surface area contributed by atoms with Crippen molar-refractivity contribution in [3.63, 3.8) is 0 Å². The van der Waals surface area contributed by atoms with Gasteiger partial charge in [0, 0.05) is 15.8 Å². The van der Waals surface area contributed by atoms with Gasteiger partial charge in [-0.05, 0) is 23.6 Å². The highest BCUT2D eigenvalue weighted by molar-refractivity contribution is 9.10. The summed E-state index contributed by atoms with van der Waals surface area (Å²) in [6.45, 7) is 4.30. The average Bonchev–Trinajstić information content (AvgIpc) is 2.59. The minimum absolute atomic E-state index is 0.422. The van der Waals surface area contributed by atoms with Crippen molar-refractivity contribution >= 4 is 32.4 Å². The van der Waals surface area contributed by atoms with E-state index < -0.39 is 0 Å². The van der Waals surface area contributed by atoms with Crippen LogP contribution in [0.15, 0.2) is 28.7 Å². The molecule has 0 bridgehead atoms. The lowest BCUT2D eigenvalue weighted by Crippen LogP contribution is -1.95. The molecule has 17 heavy (non-hydrogen) atoms. The van der Waals surface area contributed by atoms with Crippen molar-refractivity contribution in [1.29, 1.82) is 0 Å². The van der Waals surface area contributed by atoms with Crippen molar-refractivity contribution in [1.82, 2.24) is 4.98 Å². The lowest BCUT2D eigenvalue weighted by molar-refractivity contribution is 0.820. The monoisotopic (exact) mass is 310 g/mol. The van der Waals surface area contributed by atoms with Crippen LogP contribution in [0.25, 0.3) is 0 Å². The Balaban J connectivity index is 2.29. The highest BCUT2D eigenvalue weighted by Gasteiger charge is 2.13.